The van der Waals surface area contributed by atoms with Gasteiger partial charge in [-0.05, 0) is 5.56 Å². The van der Waals surface area contributed by atoms with Gasteiger partial charge in [0.1, 0.15) is 12.7 Å². The van der Waals surface area contributed by atoms with Crippen LogP contribution < -0.4 is 0 Å². The first-order valence-electron chi connectivity index (χ1n) is 8.21. The zero-order valence-electron chi connectivity index (χ0n) is 13.6. The highest BCUT2D eigenvalue weighted by atomic mass is 32.1. The van der Waals surface area contributed by atoms with Gasteiger partial charge in [0.25, 0.3) is 0 Å². The summed E-state index contributed by atoms with van der Waals surface area (Å²) in [4.78, 5) is 18.3. The van der Waals surface area contributed by atoms with Gasteiger partial charge < -0.3 is 9.47 Å². The molecule has 1 aromatic heterocycles. The molecule has 24 heavy (non-hydrogen) atoms. The standard InChI is InChI=1S/C18H22N2O3S/c21-18(7-6-17-19-8-11-24-17)23-14-16-13-20(9-10-22-16)12-15-4-2-1-3-5-15/h1-5,8,11,16H,6-7,9-10,12-14H2/t16-/m1/s1. The van der Waals surface area contributed by atoms with E-state index >= 15 is 0 Å². The van der Waals surface area contributed by atoms with Crippen molar-refractivity contribution in [2.24, 2.45) is 0 Å². The molecule has 2 heterocycles. The molecule has 2 aromatic rings. The second kappa shape index (κ2) is 8.92. The van der Waals surface area contributed by atoms with Crippen molar-refractivity contribution in [3.63, 3.8) is 0 Å². The topological polar surface area (TPSA) is 51.7 Å². The van der Waals surface area contributed by atoms with Crippen molar-refractivity contribution in [2.45, 2.75) is 25.5 Å². The second-order valence-electron chi connectivity index (χ2n) is 5.82. The molecule has 1 aliphatic heterocycles. The average Bonchev–Trinajstić information content (AvgIpc) is 3.13. The molecule has 0 radical (unpaired) electrons. The number of aromatic nitrogens is 1. The van der Waals surface area contributed by atoms with Gasteiger partial charge in [-0.25, -0.2) is 4.98 Å². The van der Waals surface area contributed by atoms with Gasteiger partial charge in [-0.2, -0.15) is 0 Å². The highest BCUT2D eigenvalue weighted by Gasteiger charge is 2.22. The van der Waals surface area contributed by atoms with E-state index in [1.807, 2.05) is 11.4 Å². The zero-order chi connectivity index (χ0) is 16.6. The maximum absolute atomic E-state index is 11.8. The molecule has 1 saturated heterocycles. The predicted octanol–water partition coefficient (Wildman–Crippen LogP) is 2.52. The normalized spacial score (nSPS) is 18.4. The Morgan fingerprint density at radius 1 is 1.38 bits per heavy atom. The van der Waals surface area contributed by atoms with Crippen LogP contribution in [0.4, 0.5) is 0 Å². The van der Waals surface area contributed by atoms with Crippen molar-refractivity contribution in [3.05, 3.63) is 52.5 Å². The summed E-state index contributed by atoms with van der Waals surface area (Å²) in [6, 6.07) is 10.4. The summed E-state index contributed by atoms with van der Waals surface area (Å²) in [5.74, 6) is -0.186. The molecule has 0 bridgehead atoms. The monoisotopic (exact) mass is 346 g/mol. The molecule has 0 amide bonds. The smallest absolute Gasteiger partial charge is 0.306 e. The van der Waals surface area contributed by atoms with Gasteiger partial charge in [0, 0.05) is 37.6 Å². The van der Waals surface area contributed by atoms with Gasteiger partial charge in [0.2, 0.25) is 0 Å². The molecule has 1 aliphatic rings. The van der Waals surface area contributed by atoms with Crippen LogP contribution in [0.3, 0.4) is 0 Å². The molecule has 3 rings (SSSR count). The van der Waals surface area contributed by atoms with E-state index < -0.39 is 0 Å². The fraction of sp³-hybridized carbons (Fsp3) is 0.444. The lowest BCUT2D eigenvalue weighted by Gasteiger charge is -2.32. The Morgan fingerprint density at radius 2 is 2.25 bits per heavy atom. The van der Waals surface area contributed by atoms with Crippen molar-refractivity contribution >= 4 is 17.3 Å². The maximum atomic E-state index is 11.8. The first-order valence-corrected chi connectivity index (χ1v) is 9.09. The number of benzene rings is 1. The van der Waals surface area contributed by atoms with Crippen LogP contribution in [0.5, 0.6) is 0 Å². The van der Waals surface area contributed by atoms with E-state index in [2.05, 4.69) is 34.1 Å². The van der Waals surface area contributed by atoms with E-state index in [4.69, 9.17) is 9.47 Å². The van der Waals surface area contributed by atoms with Gasteiger partial charge in [-0.3, -0.25) is 9.69 Å². The van der Waals surface area contributed by atoms with Crippen LogP contribution >= 0.6 is 11.3 Å². The Hall–Kier alpha value is -1.76. The van der Waals surface area contributed by atoms with Crippen LogP contribution in [0.2, 0.25) is 0 Å². The lowest BCUT2D eigenvalue weighted by Crippen LogP contribution is -2.44. The first-order chi connectivity index (χ1) is 11.8. The molecule has 0 spiro atoms. The molecule has 5 nitrogen and oxygen atoms in total. The summed E-state index contributed by atoms with van der Waals surface area (Å²) in [6.45, 7) is 3.59. The largest absolute Gasteiger partial charge is 0.463 e. The Balaban J connectivity index is 1.38. The number of rotatable bonds is 7. The number of aryl methyl sites for hydroxylation is 1. The number of ether oxygens (including phenoxy) is 2. The molecule has 0 N–H and O–H groups in total. The highest BCUT2D eigenvalue weighted by molar-refractivity contribution is 7.09. The third kappa shape index (κ3) is 5.40. The molecule has 1 fully saturated rings. The molecular formula is C18H22N2O3S. The quantitative estimate of drug-likeness (QED) is 0.721. The summed E-state index contributed by atoms with van der Waals surface area (Å²) >= 11 is 1.56. The fourth-order valence-corrected chi connectivity index (χ4v) is 3.33. The molecule has 0 unspecified atom stereocenters. The van der Waals surface area contributed by atoms with Crippen LogP contribution in [-0.2, 0) is 27.2 Å². The van der Waals surface area contributed by atoms with E-state index in [0.29, 0.717) is 26.1 Å². The molecular weight excluding hydrogens is 324 g/mol. The minimum Gasteiger partial charge on any atom is -0.463 e. The van der Waals surface area contributed by atoms with Crippen molar-refractivity contribution in [1.82, 2.24) is 9.88 Å². The fourth-order valence-electron chi connectivity index (χ4n) is 2.71. The second-order valence-corrected chi connectivity index (χ2v) is 6.80. The summed E-state index contributed by atoms with van der Waals surface area (Å²) < 4.78 is 11.1. The summed E-state index contributed by atoms with van der Waals surface area (Å²) in [7, 11) is 0. The van der Waals surface area contributed by atoms with Crippen molar-refractivity contribution in [1.29, 1.82) is 0 Å². The third-order valence-electron chi connectivity index (χ3n) is 3.93. The summed E-state index contributed by atoms with van der Waals surface area (Å²) in [5, 5.41) is 2.88. The van der Waals surface area contributed by atoms with E-state index in [0.717, 1.165) is 24.6 Å². The van der Waals surface area contributed by atoms with E-state index in [1.54, 1.807) is 17.5 Å². The first kappa shape index (κ1) is 17.1. The molecule has 128 valence electrons. The van der Waals surface area contributed by atoms with Crippen LogP contribution in [0.1, 0.15) is 17.0 Å². The molecule has 0 saturated carbocycles. The highest BCUT2D eigenvalue weighted by Crippen LogP contribution is 2.12. The van der Waals surface area contributed by atoms with Crippen LogP contribution in [0.15, 0.2) is 41.9 Å². The van der Waals surface area contributed by atoms with Crippen molar-refractivity contribution in [2.75, 3.05) is 26.3 Å². The van der Waals surface area contributed by atoms with Crippen LogP contribution in [0.25, 0.3) is 0 Å². The van der Waals surface area contributed by atoms with Crippen molar-refractivity contribution in [3.8, 4) is 0 Å². The van der Waals surface area contributed by atoms with Crippen LogP contribution in [-0.4, -0.2) is 48.3 Å². The van der Waals surface area contributed by atoms with Gasteiger partial charge in [-0.15, -0.1) is 11.3 Å². The molecule has 1 aromatic carbocycles. The number of esters is 1. The van der Waals surface area contributed by atoms with Gasteiger partial charge in [-0.1, -0.05) is 30.3 Å². The van der Waals surface area contributed by atoms with E-state index in [9.17, 15) is 4.79 Å². The van der Waals surface area contributed by atoms with Gasteiger partial charge in [0.05, 0.1) is 18.0 Å². The number of carbonyl (C=O) groups excluding carboxylic acids is 1. The van der Waals surface area contributed by atoms with Crippen molar-refractivity contribution < 1.29 is 14.3 Å². The average molecular weight is 346 g/mol. The van der Waals surface area contributed by atoms with Gasteiger partial charge in [0.15, 0.2) is 0 Å². The molecule has 0 aliphatic carbocycles. The number of hydrogen-bond donors (Lipinski definition) is 0. The minimum atomic E-state index is -0.186. The maximum Gasteiger partial charge on any atom is 0.306 e. The number of nitrogens with zero attached hydrogens (tertiary/aromatic N) is 2. The van der Waals surface area contributed by atoms with E-state index in [-0.39, 0.29) is 12.1 Å². The predicted molar refractivity (Wildman–Crippen MR) is 92.9 cm³/mol. The lowest BCUT2D eigenvalue weighted by atomic mass is 10.2. The number of thiazole rings is 1. The number of hydrogen-bond acceptors (Lipinski definition) is 6. The Bertz CT molecular complexity index is 618. The zero-order valence-corrected chi connectivity index (χ0v) is 14.4. The molecule has 6 heteroatoms. The van der Waals surface area contributed by atoms with E-state index in [1.165, 1.54) is 5.56 Å². The summed E-state index contributed by atoms with van der Waals surface area (Å²) in [6.07, 6.45) is 2.71. The minimum absolute atomic E-state index is 0.0497. The summed E-state index contributed by atoms with van der Waals surface area (Å²) in [5.41, 5.74) is 1.29. The third-order valence-corrected chi connectivity index (χ3v) is 4.77. The Labute approximate surface area is 146 Å². The molecule has 1 atom stereocenters. The number of morpholine rings is 1. The Kier molecular flexibility index (Phi) is 6.34. The lowest BCUT2D eigenvalue weighted by molar-refractivity contribution is -0.150. The Morgan fingerprint density at radius 3 is 3.04 bits per heavy atom. The SMILES string of the molecule is O=C(CCc1nccs1)OC[C@H]1CN(Cc2ccccc2)CCO1. The number of carbonyl (C=O) groups is 1. The van der Waals surface area contributed by atoms with Gasteiger partial charge >= 0.3 is 5.97 Å². The van der Waals surface area contributed by atoms with Crippen LogP contribution in [0, 0.1) is 0 Å².